The van der Waals surface area contributed by atoms with E-state index in [-0.39, 0.29) is 11.9 Å². The second-order valence-electron chi connectivity index (χ2n) is 6.08. The van der Waals surface area contributed by atoms with E-state index in [1.54, 1.807) is 0 Å². The highest BCUT2D eigenvalue weighted by Crippen LogP contribution is 2.49. The summed E-state index contributed by atoms with van der Waals surface area (Å²) in [6, 6.07) is 16.3. The van der Waals surface area contributed by atoms with Gasteiger partial charge in [0.15, 0.2) is 5.72 Å². The quantitative estimate of drug-likeness (QED) is 0.850. The Bertz CT molecular complexity index is 737. The van der Waals surface area contributed by atoms with Crippen LogP contribution in [0, 0.1) is 0 Å². The molecule has 2 aliphatic rings. The lowest BCUT2D eigenvalue weighted by atomic mass is 9.93. The molecule has 4 rings (SSSR count). The first-order valence-corrected chi connectivity index (χ1v) is 7.85. The van der Waals surface area contributed by atoms with Gasteiger partial charge in [0.05, 0.1) is 12.6 Å². The molecule has 0 aliphatic carbocycles. The van der Waals surface area contributed by atoms with Gasteiger partial charge in [0.2, 0.25) is 0 Å². The summed E-state index contributed by atoms with van der Waals surface area (Å²) in [6.45, 7) is 4.75. The van der Waals surface area contributed by atoms with Crippen molar-refractivity contribution in [1.29, 1.82) is 0 Å². The van der Waals surface area contributed by atoms with Crippen LogP contribution in [0.15, 0.2) is 48.5 Å². The Balaban J connectivity index is 1.94. The third kappa shape index (κ3) is 1.57. The van der Waals surface area contributed by atoms with Gasteiger partial charge in [-0.05, 0) is 25.0 Å². The summed E-state index contributed by atoms with van der Waals surface area (Å²) in [5, 5.41) is 0. The molecule has 2 atom stereocenters. The Morgan fingerprint density at radius 1 is 1.18 bits per heavy atom. The maximum absolute atomic E-state index is 12.8. The zero-order valence-electron chi connectivity index (χ0n) is 12.9. The number of aryl methyl sites for hydroxylation is 1. The second kappa shape index (κ2) is 4.68. The van der Waals surface area contributed by atoms with Crippen molar-refractivity contribution < 1.29 is 9.53 Å². The van der Waals surface area contributed by atoms with Gasteiger partial charge in [0.25, 0.3) is 5.91 Å². The molecule has 2 heterocycles. The normalized spacial score (nSPS) is 26.2. The molecule has 0 aromatic heterocycles. The summed E-state index contributed by atoms with van der Waals surface area (Å²) in [7, 11) is 0. The molecule has 2 unspecified atom stereocenters. The van der Waals surface area contributed by atoms with Crippen molar-refractivity contribution in [1.82, 2.24) is 4.90 Å². The molecule has 0 bridgehead atoms. The summed E-state index contributed by atoms with van der Waals surface area (Å²) in [6.07, 6.45) is 1.00. The molecule has 3 nitrogen and oxygen atoms in total. The summed E-state index contributed by atoms with van der Waals surface area (Å²) < 4.78 is 6.24. The van der Waals surface area contributed by atoms with E-state index in [9.17, 15) is 4.79 Å². The highest BCUT2D eigenvalue weighted by molar-refractivity contribution is 6.01. The second-order valence-corrected chi connectivity index (χ2v) is 6.08. The fraction of sp³-hybridized carbons (Fsp3) is 0.316. The fourth-order valence-electron chi connectivity index (χ4n) is 3.69. The van der Waals surface area contributed by atoms with Crippen molar-refractivity contribution in [2.75, 3.05) is 6.61 Å². The van der Waals surface area contributed by atoms with Crippen molar-refractivity contribution >= 4 is 5.91 Å². The molecule has 2 aromatic carbocycles. The maximum Gasteiger partial charge on any atom is 0.257 e. The Labute approximate surface area is 130 Å². The van der Waals surface area contributed by atoms with Gasteiger partial charge in [-0.15, -0.1) is 0 Å². The Morgan fingerprint density at radius 2 is 1.91 bits per heavy atom. The average molecular weight is 293 g/mol. The monoisotopic (exact) mass is 293 g/mol. The van der Waals surface area contributed by atoms with Crippen molar-refractivity contribution in [2.24, 2.45) is 0 Å². The number of carbonyl (C=O) groups is 1. The SMILES string of the molecule is CCc1ccc(C23OCC(C)N2C(=O)c2ccccc23)cc1. The fourth-order valence-corrected chi connectivity index (χ4v) is 3.69. The van der Waals surface area contributed by atoms with Crippen molar-refractivity contribution in [3.63, 3.8) is 0 Å². The maximum atomic E-state index is 12.8. The van der Waals surface area contributed by atoms with Crippen LogP contribution in [0.3, 0.4) is 0 Å². The molecule has 0 saturated carbocycles. The van der Waals surface area contributed by atoms with E-state index in [0.29, 0.717) is 6.61 Å². The van der Waals surface area contributed by atoms with Gasteiger partial charge < -0.3 is 4.74 Å². The minimum atomic E-state index is -0.751. The molecule has 1 fully saturated rings. The molecule has 1 saturated heterocycles. The Kier molecular flexibility index (Phi) is 2.88. The van der Waals surface area contributed by atoms with E-state index >= 15 is 0 Å². The Morgan fingerprint density at radius 3 is 2.64 bits per heavy atom. The average Bonchev–Trinajstić information content (AvgIpc) is 3.04. The first kappa shape index (κ1) is 13.5. The lowest BCUT2D eigenvalue weighted by molar-refractivity contribution is -0.0320. The highest BCUT2D eigenvalue weighted by Gasteiger charge is 2.57. The summed E-state index contributed by atoms with van der Waals surface area (Å²) in [5.74, 6) is 0.0696. The topological polar surface area (TPSA) is 29.5 Å². The lowest BCUT2D eigenvalue weighted by Crippen LogP contribution is -2.43. The zero-order valence-corrected chi connectivity index (χ0v) is 12.9. The van der Waals surface area contributed by atoms with Crippen LogP contribution in [-0.4, -0.2) is 23.5 Å². The summed E-state index contributed by atoms with van der Waals surface area (Å²) in [5.41, 5.74) is 3.30. The van der Waals surface area contributed by atoms with Crippen LogP contribution < -0.4 is 0 Å². The van der Waals surface area contributed by atoms with E-state index in [4.69, 9.17) is 4.74 Å². The predicted molar refractivity (Wildman–Crippen MR) is 84.6 cm³/mol. The molecular formula is C19H19NO2. The smallest absolute Gasteiger partial charge is 0.257 e. The molecule has 0 N–H and O–H groups in total. The number of benzene rings is 2. The first-order chi connectivity index (χ1) is 10.7. The van der Waals surface area contributed by atoms with Gasteiger partial charge in [-0.2, -0.15) is 0 Å². The summed E-state index contributed by atoms with van der Waals surface area (Å²) >= 11 is 0. The molecule has 1 amide bonds. The molecule has 3 heteroatoms. The van der Waals surface area contributed by atoms with E-state index in [1.807, 2.05) is 36.1 Å². The van der Waals surface area contributed by atoms with Crippen LogP contribution in [0.2, 0.25) is 0 Å². The van der Waals surface area contributed by atoms with Crippen LogP contribution in [0.4, 0.5) is 0 Å². The van der Waals surface area contributed by atoms with Crippen LogP contribution in [0.5, 0.6) is 0 Å². The van der Waals surface area contributed by atoms with Gasteiger partial charge in [-0.25, -0.2) is 0 Å². The van der Waals surface area contributed by atoms with Gasteiger partial charge in [-0.3, -0.25) is 9.69 Å². The number of hydrogen-bond acceptors (Lipinski definition) is 2. The Hall–Kier alpha value is -2.13. The minimum Gasteiger partial charge on any atom is -0.345 e. The lowest BCUT2D eigenvalue weighted by Gasteiger charge is -2.33. The van der Waals surface area contributed by atoms with Crippen molar-refractivity contribution in [3.05, 3.63) is 70.8 Å². The predicted octanol–water partition coefficient (Wildman–Crippen LogP) is 3.32. The molecule has 0 radical (unpaired) electrons. The van der Waals surface area contributed by atoms with Gasteiger partial charge in [0.1, 0.15) is 0 Å². The third-order valence-corrected chi connectivity index (χ3v) is 4.81. The number of fused-ring (bicyclic) bond motifs is 3. The molecule has 112 valence electrons. The largest absolute Gasteiger partial charge is 0.345 e. The number of nitrogens with zero attached hydrogens (tertiary/aromatic N) is 1. The van der Waals surface area contributed by atoms with Crippen LogP contribution in [-0.2, 0) is 16.9 Å². The van der Waals surface area contributed by atoms with E-state index < -0.39 is 5.72 Å². The molecule has 0 spiro atoms. The summed E-state index contributed by atoms with van der Waals surface area (Å²) in [4.78, 5) is 14.7. The molecule has 2 aromatic rings. The van der Waals surface area contributed by atoms with Gasteiger partial charge in [-0.1, -0.05) is 49.4 Å². The third-order valence-electron chi connectivity index (χ3n) is 4.81. The molecular weight excluding hydrogens is 274 g/mol. The number of carbonyl (C=O) groups excluding carboxylic acids is 1. The zero-order chi connectivity index (χ0) is 15.3. The van der Waals surface area contributed by atoms with Crippen LogP contribution in [0.1, 0.15) is 40.9 Å². The number of hydrogen-bond donors (Lipinski definition) is 0. The van der Waals surface area contributed by atoms with Crippen LogP contribution >= 0.6 is 0 Å². The van der Waals surface area contributed by atoms with E-state index in [0.717, 1.165) is 23.1 Å². The number of amides is 1. The van der Waals surface area contributed by atoms with Gasteiger partial charge >= 0.3 is 0 Å². The molecule has 2 aliphatic heterocycles. The van der Waals surface area contributed by atoms with E-state index in [1.165, 1.54) is 5.56 Å². The highest BCUT2D eigenvalue weighted by atomic mass is 16.5. The molecule has 22 heavy (non-hydrogen) atoms. The standard InChI is InChI=1S/C19H19NO2/c1-3-14-8-10-15(11-9-14)19-17-7-5-4-6-16(17)18(21)20(19)13(2)12-22-19/h4-11,13H,3,12H2,1-2H3. The first-order valence-electron chi connectivity index (χ1n) is 7.85. The minimum absolute atomic E-state index is 0.0696. The number of ether oxygens (including phenoxy) is 1. The van der Waals surface area contributed by atoms with Gasteiger partial charge in [0, 0.05) is 16.7 Å². The van der Waals surface area contributed by atoms with E-state index in [2.05, 4.69) is 31.2 Å². The number of rotatable bonds is 2. The van der Waals surface area contributed by atoms with Crippen molar-refractivity contribution in [3.8, 4) is 0 Å². The van der Waals surface area contributed by atoms with Crippen molar-refractivity contribution in [2.45, 2.75) is 32.0 Å². The van der Waals surface area contributed by atoms with Crippen LogP contribution in [0.25, 0.3) is 0 Å².